The van der Waals surface area contributed by atoms with Gasteiger partial charge in [0.15, 0.2) is 0 Å². The van der Waals surface area contributed by atoms with Gasteiger partial charge in [-0.1, -0.05) is 88.7 Å². The predicted octanol–water partition coefficient (Wildman–Crippen LogP) is 6.94. The topological polar surface area (TPSA) is 0 Å². The molecule has 1 heteroatoms. The summed E-state index contributed by atoms with van der Waals surface area (Å²) in [6.07, 6.45) is 0. The van der Waals surface area contributed by atoms with Crippen LogP contribution in [0.15, 0.2) is 95.5 Å². The summed E-state index contributed by atoms with van der Waals surface area (Å²) in [7, 11) is 0. The predicted molar refractivity (Wildman–Crippen MR) is 103 cm³/mol. The molecule has 23 heavy (non-hydrogen) atoms. The zero-order valence-corrected chi connectivity index (χ0v) is 14.1. The van der Waals surface area contributed by atoms with Gasteiger partial charge in [0.2, 0.25) is 0 Å². The fraction of sp³-hybridized carbons (Fsp3) is 0. The molecule has 0 atom stereocenters. The summed E-state index contributed by atoms with van der Waals surface area (Å²) in [4.78, 5) is 0. The Hall–Kier alpha value is -2.38. The van der Waals surface area contributed by atoms with Crippen LogP contribution < -0.4 is 0 Å². The lowest BCUT2D eigenvalue weighted by atomic mass is 9.97. The molecule has 0 heterocycles. The number of benzene rings is 4. The monoisotopic (exact) mass is 358 g/mol. The highest BCUT2D eigenvalue weighted by molar-refractivity contribution is 9.10. The maximum atomic E-state index is 3.71. The van der Waals surface area contributed by atoms with E-state index in [1.807, 2.05) is 6.07 Å². The van der Waals surface area contributed by atoms with Crippen LogP contribution in [0.3, 0.4) is 0 Å². The van der Waals surface area contributed by atoms with Crippen LogP contribution in [0.5, 0.6) is 0 Å². The van der Waals surface area contributed by atoms with Crippen LogP contribution in [0.1, 0.15) is 0 Å². The zero-order valence-electron chi connectivity index (χ0n) is 12.5. The Morgan fingerprint density at radius 3 is 1.96 bits per heavy atom. The summed E-state index contributed by atoms with van der Waals surface area (Å²) >= 11 is 3.71. The Labute approximate surface area is 144 Å². The van der Waals surface area contributed by atoms with E-state index in [4.69, 9.17) is 0 Å². The molecule has 0 aliphatic heterocycles. The summed E-state index contributed by atoms with van der Waals surface area (Å²) in [5.41, 5.74) is 4.95. The van der Waals surface area contributed by atoms with Gasteiger partial charge < -0.3 is 0 Å². The minimum absolute atomic E-state index is 1.13. The molecule has 4 rings (SSSR count). The van der Waals surface area contributed by atoms with Crippen LogP contribution in [0.2, 0.25) is 0 Å². The fourth-order valence-electron chi connectivity index (χ4n) is 2.94. The van der Waals surface area contributed by atoms with Gasteiger partial charge in [-0.3, -0.25) is 0 Å². The van der Waals surface area contributed by atoms with Gasteiger partial charge >= 0.3 is 0 Å². The first-order valence-corrected chi connectivity index (χ1v) is 8.45. The molecule has 0 amide bonds. The van der Waals surface area contributed by atoms with Gasteiger partial charge in [-0.15, -0.1) is 0 Å². The highest BCUT2D eigenvalue weighted by Crippen LogP contribution is 2.32. The van der Waals surface area contributed by atoms with Crippen molar-refractivity contribution in [2.24, 2.45) is 0 Å². The highest BCUT2D eigenvalue weighted by atomic mass is 79.9. The van der Waals surface area contributed by atoms with Gasteiger partial charge in [0.25, 0.3) is 0 Å². The molecule has 0 aliphatic rings. The molecule has 0 aliphatic carbocycles. The Morgan fingerprint density at radius 1 is 0.478 bits per heavy atom. The van der Waals surface area contributed by atoms with E-state index in [1.165, 1.54) is 33.0 Å². The summed E-state index contributed by atoms with van der Waals surface area (Å²) in [5, 5.41) is 2.50. The summed E-state index contributed by atoms with van der Waals surface area (Å²) < 4.78 is 1.13. The van der Waals surface area contributed by atoms with Crippen molar-refractivity contribution in [1.29, 1.82) is 0 Å². The molecule has 0 N–H and O–H groups in total. The van der Waals surface area contributed by atoms with Crippen LogP contribution >= 0.6 is 15.9 Å². The van der Waals surface area contributed by atoms with Gasteiger partial charge in [-0.2, -0.15) is 0 Å². The number of rotatable bonds is 2. The molecule has 0 radical (unpaired) electrons. The SMILES string of the molecule is Brc1cc(-c2cccc(-c3ccccc3)c2)cc2ccccc12. The Kier molecular flexibility index (Phi) is 3.72. The van der Waals surface area contributed by atoms with Crippen molar-refractivity contribution in [2.45, 2.75) is 0 Å². The first-order chi connectivity index (χ1) is 11.3. The molecular formula is C22H15Br. The lowest BCUT2D eigenvalue weighted by molar-refractivity contribution is 1.59. The third-order valence-electron chi connectivity index (χ3n) is 4.11. The number of hydrogen-bond acceptors (Lipinski definition) is 0. The molecule has 0 saturated carbocycles. The van der Waals surface area contributed by atoms with Crippen molar-refractivity contribution < 1.29 is 0 Å². The van der Waals surface area contributed by atoms with E-state index >= 15 is 0 Å². The molecule has 0 aromatic heterocycles. The molecule has 0 unspecified atom stereocenters. The van der Waals surface area contributed by atoms with Crippen molar-refractivity contribution in [1.82, 2.24) is 0 Å². The summed E-state index contributed by atoms with van der Waals surface area (Å²) in [6.45, 7) is 0. The van der Waals surface area contributed by atoms with Crippen molar-refractivity contribution >= 4 is 26.7 Å². The van der Waals surface area contributed by atoms with Gasteiger partial charge in [0, 0.05) is 4.47 Å². The molecule has 4 aromatic rings. The van der Waals surface area contributed by atoms with E-state index in [0.717, 1.165) is 4.47 Å². The molecule has 4 aromatic carbocycles. The first-order valence-electron chi connectivity index (χ1n) is 7.65. The van der Waals surface area contributed by atoms with Crippen LogP contribution in [0, 0.1) is 0 Å². The molecule has 0 saturated heterocycles. The molecule has 0 spiro atoms. The molecule has 0 nitrogen and oxygen atoms in total. The number of fused-ring (bicyclic) bond motifs is 1. The minimum Gasteiger partial charge on any atom is -0.0622 e. The van der Waals surface area contributed by atoms with Crippen LogP contribution in [0.25, 0.3) is 33.0 Å². The minimum atomic E-state index is 1.13. The van der Waals surface area contributed by atoms with Crippen molar-refractivity contribution in [3.05, 3.63) is 95.5 Å². The largest absolute Gasteiger partial charge is 0.0622 e. The van der Waals surface area contributed by atoms with Crippen molar-refractivity contribution in [3.8, 4) is 22.3 Å². The highest BCUT2D eigenvalue weighted by Gasteiger charge is 2.05. The standard InChI is InChI=1S/C22H15Br/c23-22-15-20(14-19-9-4-5-12-21(19)22)18-11-6-10-17(13-18)16-7-2-1-3-8-16/h1-15H. The van der Waals surface area contributed by atoms with E-state index in [9.17, 15) is 0 Å². The molecular weight excluding hydrogens is 344 g/mol. The van der Waals surface area contributed by atoms with E-state index in [-0.39, 0.29) is 0 Å². The second-order valence-corrected chi connectivity index (χ2v) is 6.48. The number of hydrogen-bond donors (Lipinski definition) is 0. The zero-order chi connectivity index (χ0) is 15.6. The molecule has 110 valence electrons. The van der Waals surface area contributed by atoms with E-state index in [0.29, 0.717) is 0 Å². The van der Waals surface area contributed by atoms with E-state index in [1.54, 1.807) is 0 Å². The maximum absolute atomic E-state index is 3.71. The molecule has 0 bridgehead atoms. The normalized spacial score (nSPS) is 10.8. The van der Waals surface area contributed by atoms with Gasteiger partial charge in [-0.05, 0) is 51.2 Å². The van der Waals surface area contributed by atoms with Gasteiger partial charge in [0.05, 0.1) is 0 Å². The maximum Gasteiger partial charge on any atom is 0.0259 e. The second kappa shape index (κ2) is 6.02. The van der Waals surface area contributed by atoms with Crippen LogP contribution in [-0.2, 0) is 0 Å². The first kappa shape index (κ1) is 14.2. The Bertz CT molecular complexity index is 971. The average Bonchev–Trinajstić information content (AvgIpc) is 2.62. The fourth-order valence-corrected chi connectivity index (χ4v) is 3.55. The van der Waals surface area contributed by atoms with Crippen molar-refractivity contribution in [3.63, 3.8) is 0 Å². The quantitative estimate of drug-likeness (QED) is 0.364. The lowest BCUT2D eigenvalue weighted by Gasteiger charge is -2.09. The van der Waals surface area contributed by atoms with Gasteiger partial charge in [-0.25, -0.2) is 0 Å². The van der Waals surface area contributed by atoms with Crippen LogP contribution in [0.4, 0.5) is 0 Å². The molecule has 0 fully saturated rings. The third kappa shape index (κ3) is 2.80. The van der Waals surface area contributed by atoms with Crippen molar-refractivity contribution in [2.75, 3.05) is 0 Å². The third-order valence-corrected chi connectivity index (χ3v) is 4.77. The number of halogens is 1. The Balaban J connectivity index is 1.85. The average molecular weight is 359 g/mol. The summed E-state index contributed by atoms with van der Waals surface area (Å²) in [6, 6.07) is 32.1. The second-order valence-electron chi connectivity index (χ2n) is 5.63. The summed E-state index contributed by atoms with van der Waals surface area (Å²) in [5.74, 6) is 0. The van der Waals surface area contributed by atoms with Gasteiger partial charge in [0.1, 0.15) is 0 Å². The van der Waals surface area contributed by atoms with Crippen LogP contribution in [-0.4, -0.2) is 0 Å². The Morgan fingerprint density at radius 2 is 1.13 bits per heavy atom. The van der Waals surface area contributed by atoms with E-state index in [2.05, 4.69) is 101 Å². The smallest absolute Gasteiger partial charge is 0.0259 e. The van der Waals surface area contributed by atoms with E-state index < -0.39 is 0 Å². The lowest BCUT2D eigenvalue weighted by Crippen LogP contribution is -1.83.